The average molecular weight is 423 g/mol. The summed E-state index contributed by atoms with van der Waals surface area (Å²) in [5, 5.41) is 11.5. The van der Waals surface area contributed by atoms with Gasteiger partial charge in [-0.2, -0.15) is 0 Å². The minimum Gasteiger partial charge on any atom is -0.481 e. The summed E-state index contributed by atoms with van der Waals surface area (Å²) >= 11 is 7.55. The van der Waals surface area contributed by atoms with Gasteiger partial charge in [0.1, 0.15) is 0 Å². The first-order valence-electron chi connectivity index (χ1n) is 9.02. The van der Waals surface area contributed by atoms with Crippen LogP contribution < -0.4 is 0 Å². The number of carboxylic acids is 1. The molecule has 3 aromatic rings. The molecule has 0 aliphatic carbocycles. The lowest BCUT2D eigenvalue weighted by Gasteiger charge is -2.11. The number of halogens is 1. The normalized spacial score (nSPS) is 11.3. The molecule has 0 spiro atoms. The predicted octanol–water partition coefficient (Wildman–Crippen LogP) is 6.73. The maximum absolute atomic E-state index is 13.1. The van der Waals surface area contributed by atoms with Crippen LogP contribution in [0.2, 0.25) is 5.02 Å². The molecule has 0 radical (unpaired) electrons. The molecule has 0 amide bonds. The van der Waals surface area contributed by atoms with Gasteiger partial charge in [-0.25, -0.2) is 0 Å². The third-order valence-corrected chi connectivity index (χ3v) is 5.47. The minimum absolute atomic E-state index is 0.0201. The largest absolute Gasteiger partial charge is 0.481 e. The fourth-order valence-corrected chi connectivity index (χ4v) is 3.86. The third-order valence-electron chi connectivity index (χ3n) is 4.24. The average Bonchev–Trinajstić information content (AvgIpc) is 2.73. The van der Waals surface area contributed by atoms with Crippen LogP contribution in [0.3, 0.4) is 0 Å². The summed E-state index contributed by atoms with van der Waals surface area (Å²) < 4.78 is 0. The Morgan fingerprint density at radius 3 is 2.21 bits per heavy atom. The molecule has 1 N–H and O–H groups in total. The Morgan fingerprint density at radius 2 is 1.55 bits per heavy atom. The zero-order valence-corrected chi connectivity index (χ0v) is 17.1. The molecule has 0 atom stereocenters. The van der Waals surface area contributed by atoms with E-state index in [1.165, 1.54) is 11.8 Å². The molecule has 0 saturated heterocycles. The van der Waals surface area contributed by atoms with E-state index in [1.54, 1.807) is 17.5 Å². The Bertz CT molecular complexity index is 1030. The van der Waals surface area contributed by atoms with E-state index in [1.807, 2.05) is 66.7 Å². The third kappa shape index (κ3) is 6.08. The molecule has 0 saturated carbocycles. The first-order chi connectivity index (χ1) is 14.0. The molecule has 0 heterocycles. The zero-order valence-electron chi connectivity index (χ0n) is 15.5. The molecule has 29 heavy (non-hydrogen) atoms. The first kappa shape index (κ1) is 20.9. The summed E-state index contributed by atoms with van der Waals surface area (Å²) in [6, 6.07) is 24.4. The van der Waals surface area contributed by atoms with Crippen LogP contribution in [0.5, 0.6) is 0 Å². The van der Waals surface area contributed by atoms with Crippen molar-refractivity contribution in [2.75, 3.05) is 0 Å². The number of benzene rings is 3. The number of hydrogen-bond acceptors (Lipinski definition) is 3. The molecular formula is C24H19ClO3S. The SMILES string of the molecule is O=C(O)CC(=CSc1ccccc1)CC(=O)c1cc(Cl)ccc1-c1ccccc1. The molecule has 0 unspecified atom stereocenters. The number of rotatable bonds is 8. The Kier molecular flexibility index (Phi) is 7.28. The second-order valence-corrected chi connectivity index (χ2v) is 7.81. The van der Waals surface area contributed by atoms with Gasteiger partial charge >= 0.3 is 5.97 Å². The van der Waals surface area contributed by atoms with Gasteiger partial charge in [0.15, 0.2) is 5.78 Å². The number of Topliss-reactive ketones (excluding diaryl/α,β-unsaturated/α-hetero) is 1. The van der Waals surface area contributed by atoms with Crippen molar-refractivity contribution in [3.8, 4) is 11.1 Å². The number of thioether (sulfide) groups is 1. The van der Waals surface area contributed by atoms with E-state index in [4.69, 9.17) is 11.6 Å². The summed E-state index contributed by atoms with van der Waals surface area (Å²) in [6.07, 6.45) is -0.168. The Hall–Kier alpha value is -2.82. The highest BCUT2D eigenvalue weighted by Gasteiger charge is 2.17. The van der Waals surface area contributed by atoms with Crippen molar-refractivity contribution >= 4 is 35.1 Å². The second-order valence-electron chi connectivity index (χ2n) is 6.43. The van der Waals surface area contributed by atoms with Gasteiger partial charge in [-0.1, -0.05) is 78.0 Å². The molecule has 0 aromatic heterocycles. The smallest absolute Gasteiger partial charge is 0.307 e. The molecule has 146 valence electrons. The first-order valence-corrected chi connectivity index (χ1v) is 10.3. The van der Waals surface area contributed by atoms with Crippen LogP contribution in [-0.2, 0) is 4.79 Å². The van der Waals surface area contributed by atoms with Crippen LogP contribution in [0, 0.1) is 0 Å². The molecule has 3 nitrogen and oxygen atoms in total. The molecule has 0 fully saturated rings. The number of carboxylic acid groups (broad SMARTS) is 1. The van der Waals surface area contributed by atoms with Gasteiger partial charge in [0.05, 0.1) is 6.42 Å². The summed E-state index contributed by atoms with van der Waals surface area (Å²) in [4.78, 5) is 25.4. The summed E-state index contributed by atoms with van der Waals surface area (Å²) in [6.45, 7) is 0. The predicted molar refractivity (Wildman–Crippen MR) is 118 cm³/mol. The molecular weight excluding hydrogens is 404 g/mol. The van der Waals surface area contributed by atoms with Gasteiger partial charge in [-0.3, -0.25) is 9.59 Å². The lowest BCUT2D eigenvalue weighted by molar-refractivity contribution is -0.136. The Labute approximate surface area is 179 Å². The standard InChI is InChI=1S/C24H19ClO3S/c25-19-11-12-21(18-7-3-1-4-8-18)22(15-19)23(26)13-17(14-24(27)28)16-29-20-9-5-2-6-10-20/h1-12,15-16H,13-14H2,(H,27,28). The monoisotopic (exact) mass is 422 g/mol. The van der Waals surface area contributed by atoms with Gasteiger partial charge in [-0.05, 0) is 46.4 Å². The van der Waals surface area contributed by atoms with Crippen molar-refractivity contribution < 1.29 is 14.7 Å². The van der Waals surface area contributed by atoms with E-state index in [0.717, 1.165) is 16.0 Å². The number of ketones is 1. The molecule has 0 aliphatic heterocycles. The van der Waals surface area contributed by atoms with Crippen LogP contribution in [-0.4, -0.2) is 16.9 Å². The van der Waals surface area contributed by atoms with Crippen molar-refractivity contribution in [1.29, 1.82) is 0 Å². The van der Waals surface area contributed by atoms with Crippen LogP contribution in [0.25, 0.3) is 11.1 Å². The van der Waals surface area contributed by atoms with E-state index in [2.05, 4.69) is 0 Å². The molecule has 5 heteroatoms. The fourth-order valence-electron chi connectivity index (χ4n) is 2.91. The van der Waals surface area contributed by atoms with Crippen LogP contribution >= 0.6 is 23.4 Å². The van der Waals surface area contributed by atoms with E-state index in [9.17, 15) is 14.7 Å². The minimum atomic E-state index is -0.966. The maximum atomic E-state index is 13.1. The quantitative estimate of drug-likeness (QED) is 0.323. The Balaban J connectivity index is 1.88. The van der Waals surface area contributed by atoms with E-state index in [-0.39, 0.29) is 18.6 Å². The Morgan fingerprint density at radius 1 is 0.897 bits per heavy atom. The van der Waals surface area contributed by atoms with Gasteiger partial charge < -0.3 is 5.11 Å². The second kappa shape index (κ2) is 10.1. The highest BCUT2D eigenvalue weighted by Crippen LogP contribution is 2.30. The van der Waals surface area contributed by atoms with Crippen molar-refractivity contribution in [3.63, 3.8) is 0 Å². The number of aliphatic carboxylic acids is 1. The molecule has 3 rings (SSSR count). The lowest BCUT2D eigenvalue weighted by Crippen LogP contribution is -2.06. The maximum Gasteiger partial charge on any atom is 0.307 e. The lowest BCUT2D eigenvalue weighted by atomic mass is 9.94. The van der Waals surface area contributed by atoms with E-state index < -0.39 is 5.97 Å². The van der Waals surface area contributed by atoms with Crippen molar-refractivity contribution in [1.82, 2.24) is 0 Å². The van der Waals surface area contributed by atoms with Crippen LogP contribution in [0.15, 0.2) is 94.7 Å². The number of carbonyl (C=O) groups is 2. The fraction of sp³-hybridized carbons (Fsp3) is 0.0833. The van der Waals surface area contributed by atoms with Crippen molar-refractivity contribution in [2.45, 2.75) is 17.7 Å². The molecule has 0 aliphatic rings. The summed E-state index contributed by atoms with van der Waals surface area (Å²) in [5.41, 5.74) is 2.74. The summed E-state index contributed by atoms with van der Waals surface area (Å²) in [7, 11) is 0. The number of hydrogen-bond donors (Lipinski definition) is 1. The van der Waals surface area contributed by atoms with Crippen molar-refractivity contribution in [2.24, 2.45) is 0 Å². The highest BCUT2D eigenvalue weighted by molar-refractivity contribution is 8.02. The van der Waals surface area contributed by atoms with Gasteiger partial charge in [0.2, 0.25) is 0 Å². The van der Waals surface area contributed by atoms with Crippen LogP contribution in [0.1, 0.15) is 23.2 Å². The highest BCUT2D eigenvalue weighted by atomic mass is 35.5. The molecule has 3 aromatic carbocycles. The van der Waals surface area contributed by atoms with Crippen LogP contribution in [0.4, 0.5) is 0 Å². The molecule has 0 bridgehead atoms. The zero-order chi connectivity index (χ0) is 20.6. The van der Waals surface area contributed by atoms with E-state index in [0.29, 0.717) is 16.2 Å². The van der Waals surface area contributed by atoms with Gasteiger partial charge in [-0.15, -0.1) is 0 Å². The van der Waals surface area contributed by atoms with E-state index >= 15 is 0 Å². The summed E-state index contributed by atoms with van der Waals surface area (Å²) in [5.74, 6) is -1.13. The van der Waals surface area contributed by atoms with Gasteiger partial charge in [0, 0.05) is 21.9 Å². The topological polar surface area (TPSA) is 54.4 Å². The van der Waals surface area contributed by atoms with Gasteiger partial charge in [0.25, 0.3) is 0 Å². The van der Waals surface area contributed by atoms with Crippen molar-refractivity contribution in [3.05, 3.63) is 100 Å². The number of carbonyl (C=O) groups excluding carboxylic acids is 1.